The summed E-state index contributed by atoms with van der Waals surface area (Å²) in [5.74, 6) is 1.41. The Bertz CT molecular complexity index is 950. The van der Waals surface area contributed by atoms with Crippen molar-refractivity contribution in [3.8, 4) is 11.5 Å². The number of methoxy groups -OCH3 is 1. The molecular weight excluding hydrogens is 397 g/mol. The molecule has 0 amide bonds. The Labute approximate surface area is 173 Å². The number of aryl methyl sites for hydroxylation is 1. The predicted octanol–water partition coefficient (Wildman–Crippen LogP) is 4.47. The van der Waals surface area contributed by atoms with Crippen LogP contribution in [0, 0.1) is 5.82 Å². The number of hydrogen-bond acceptors (Lipinski definition) is 6. The second kappa shape index (κ2) is 10.1. The first kappa shape index (κ1) is 20.9. The molecule has 0 aliphatic rings. The van der Waals surface area contributed by atoms with Crippen molar-refractivity contribution in [3.05, 3.63) is 58.4 Å². The second-order valence-electron chi connectivity index (χ2n) is 6.44. The first-order valence-electron chi connectivity index (χ1n) is 9.34. The summed E-state index contributed by atoms with van der Waals surface area (Å²) in [5.41, 5.74) is 1.68. The van der Waals surface area contributed by atoms with E-state index in [0.29, 0.717) is 34.6 Å². The molecule has 0 spiro atoms. The topological polar surface area (TPSA) is 74.1 Å². The highest BCUT2D eigenvalue weighted by Crippen LogP contribution is 2.30. The number of nitrogens with zero attached hydrogens (tertiary/aromatic N) is 4. The van der Waals surface area contributed by atoms with Gasteiger partial charge in [0.1, 0.15) is 12.4 Å². The summed E-state index contributed by atoms with van der Waals surface area (Å²) in [6.07, 6.45) is 2.08. The van der Waals surface area contributed by atoms with Gasteiger partial charge in [-0.25, -0.2) is 9.07 Å². The molecule has 1 heterocycles. The summed E-state index contributed by atoms with van der Waals surface area (Å²) >= 11 is 6.05. The van der Waals surface area contributed by atoms with Crippen LogP contribution in [0.2, 0.25) is 5.02 Å². The van der Waals surface area contributed by atoms with Crippen LogP contribution in [-0.2, 0) is 19.7 Å². The molecule has 0 radical (unpaired) electrons. The van der Waals surface area contributed by atoms with Gasteiger partial charge in [0.25, 0.3) is 0 Å². The van der Waals surface area contributed by atoms with Gasteiger partial charge in [0.15, 0.2) is 11.5 Å². The number of nitrogens with one attached hydrogen (secondary N) is 1. The summed E-state index contributed by atoms with van der Waals surface area (Å²) in [6.45, 7) is 3.64. The van der Waals surface area contributed by atoms with Crippen molar-refractivity contribution in [2.24, 2.45) is 0 Å². The lowest BCUT2D eigenvalue weighted by molar-refractivity contribution is 0.284. The molecule has 2 aromatic carbocycles. The Morgan fingerprint density at radius 1 is 1.17 bits per heavy atom. The summed E-state index contributed by atoms with van der Waals surface area (Å²) in [4.78, 5) is 0. The minimum Gasteiger partial charge on any atom is -0.493 e. The van der Waals surface area contributed by atoms with Crippen molar-refractivity contribution in [1.29, 1.82) is 0 Å². The lowest BCUT2D eigenvalue weighted by Crippen LogP contribution is -2.09. The first-order chi connectivity index (χ1) is 14.1. The smallest absolute Gasteiger partial charge is 0.243 e. The average molecular weight is 420 g/mol. The zero-order chi connectivity index (χ0) is 20.6. The minimum atomic E-state index is -0.381. The van der Waals surface area contributed by atoms with Gasteiger partial charge in [-0.1, -0.05) is 42.2 Å². The number of aromatic nitrogens is 4. The largest absolute Gasteiger partial charge is 0.493 e. The number of benzene rings is 2. The molecule has 0 bridgehead atoms. The highest BCUT2D eigenvalue weighted by Gasteiger charge is 2.10. The fraction of sp³-hybridized carbons (Fsp3) is 0.350. The summed E-state index contributed by atoms with van der Waals surface area (Å²) in [6, 6.07) is 9.86. The van der Waals surface area contributed by atoms with Gasteiger partial charge in [0.2, 0.25) is 5.95 Å². The van der Waals surface area contributed by atoms with Gasteiger partial charge in [0.05, 0.1) is 12.1 Å². The van der Waals surface area contributed by atoms with Crippen molar-refractivity contribution in [2.75, 3.05) is 12.4 Å². The normalized spacial score (nSPS) is 10.8. The van der Waals surface area contributed by atoms with E-state index in [-0.39, 0.29) is 12.4 Å². The lowest BCUT2D eigenvalue weighted by Gasteiger charge is -2.13. The molecule has 0 aliphatic carbocycles. The average Bonchev–Trinajstić information content (AvgIpc) is 3.17. The molecule has 0 aliphatic heterocycles. The third kappa shape index (κ3) is 5.57. The molecule has 0 unspecified atom stereocenters. The quantitative estimate of drug-likeness (QED) is 0.522. The molecule has 3 aromatic rings. The molecule has 9 heteroatoms. The van der Waals surface area contributed by atoms with E-state index in [1.807, 2.05) is 18.2 Å². The fourth-order valence-electron chi connectivity index (χ4n) is 2.71. The molecular formula is C20H23ClFN5O2. The SMILES string of the molecule is CCCCn1nnnc1NCc1ccc(OCc2ccc(F)cc2Cl)c(OC)c1. The van der Waals surface area contributed by atoms with Crippen LogP contribution >= 0.6 is 11.6 Å². The van der Waals surface area contributed by atoms with Crippen LogP contribution in [-0.4, -0.2) is 27.3 Å². The highest BCUT2D eigenvalue weighted by atomic mass is 35.5. The summed E-state index contributed by atoms with van der Waals surface area (Å²) in [5, 5.41) is 15.3. The van der Waals surface area contributed by atoms with E-state index in [1.165, 1.54) is 12.1 Å². The first-order valence-corrected chi connectivity index (χ1v) is 9.72. The molecule has 0 saturated heterocycles. The molecule has 0 saturated carbocycles. The summed E-state index contributed by atoms with van der Waals surface area (Å²) < 4.78 is 26.2. The van der Waals surface area contributed by atoms with Crippen molar-refractivity contribution < 1.29 is 13.9 Å². The molecule has 7 nitrogen and oxygen atoms in total. The van der Waals surface area contributed by atoms with Gasteiger partial charge in [0, 0.05) is 18.7 Å². The predicted molar refractivity (Wildman–Crippen MR) is 109 cm³/mol. The van der Waals surface area contributed by atoms with Gasteiger partial charge in [-0.3, -0.25) is 0 Å². The van der Waals surface area contributed by atoms with E-state index in [9.17, 15) is 4.39 Å². The summed E-state index contributed by atoms with van der Waals surface area (Å²) in [7, 11) is 1.58. The maximum Gasteiger partial charge on any atom is 0.243 e. The molecule has 154 valence electrons. The zero-order valence-electron chi connectivity index (χ0n) is 16.4. The van der Waals surface area contributed by atoms with Crippen LogP contribution in [0.3, 0.4) is 0 Å². The number of hydrogen-bond donors (Lipinski definition) is 1. The Hall–Kier alpha value is -2.87. The monoisotopic (exact) mass is 419 g/mol. The van der Waals surface area contributed by atoms with E-state index < -0.39 is 0 Å². The van der Waals surface area contributed by atoms with E-state index in [2.05, 4.69) is 27.8 Å². The molecule has 1 aromatic heterocycles. The Kier molecular flexibility index (Phi) is 7.24. The van der Waals surface area contributed by atoms with E-state index >= 15 is 0 Å². The Morgan fingerprint density at radius 3 is 2.79 bits per heavy atom. The van der Waals surface area contributed by atoms with Crippen LogP contribution in [0.15, 0.2) is 36.4 Å². The number of unbranched alkanes of at least 4 members (excludes halogenated alkanes) is 1. The fourth-order valence-corrected chi connectivity index (χ4v) is 2.93. The van der Waals surface area contributed by atoms with E-state index in [1.54, 1.807) is 17.9 Å². The number of halogens is 2. The van der Waals surface area contributed by atoms with Crippen molar-refractivity contribution in [1.82, 2.24) is 20.2 Å². The molecule has 0 fully saturated rings. The van der Waals surface area contributed by atoms with E-state index in [4.69, 9.17) is 21.1 Å². The van der Waals surface area contributed by atoms with Gasteiger partial charge >= 0.3 is 0 Å². The molecule has 29 heavy (non-hydrogen) atoms. The Balaban J connectivity index is 1.63. The molecule has 3 rings (SSSR count). The number of tetrazole rings is 1. The lowest BCUT2D eigenvalue weighted by atomic mass is 10.2. The highest BCUT2D eigenvalue weighted by molar-refractivity contribution is 6.31. The van der Waals surface area contributed by atoms with Gasteiger partial charge in [-0.15, -0.1) is 0 Å². The number of ether oxygens (including phenoxy) is 2. The Morgan fingerprint density at radius 2 is 2.03 bits per heavy atom. The van der Waals surface area contributed by atoms with Crippen molar-refractivity contribution in [3.63, 3.8) is 0 Å². The maximum atomic E-state index is 13.2. The van der Waals surface area contributed by atoms with Gasteiger partial charge < -0.3 is 14.8 Å². The maximum absolute atomic E-state index is 13.2. The van der Waals surface area contributed by atoms with Crippen LogP contribution in [0.1, 0.15) is 30.9 Å². The van der Waals surface area contributed by atoms with Crippen LogP contribution in [0.25, 0.3) is 0 Å². The molecule has 1 N–H and O–H groups in total. The van der Waals surface area contributed by atoms with Crippen LogP contribution in [0.4, 0.5) is 10.3 Å². The number of rotatable bonds is 10. The van der Waals surface area contributed by atoms with Crippen molar-refractivity contribution in [2.45, 2.75) is 39.5 Å². The van der Waals surface area contributed by atoms with Crippen LogP contribution < -0.4 is 14.8 Å². The second-order valence-corrected chi connectivity index (χ2v) is 6.85. The van der Waals surface area contributed by atoms with Crippen LogP contribution in [0.5, 0.6) is 11.5 Å². The zero-order valence-corrected chi connectivity index (χ0v) is 17.1. The third-order valence-corrected chi connectivity index (χ3v) is 4.68. The standard InChI is InChI=1S/C20H23ClFN5O2/c1-3-4-9-27-20(24-25-26-27)23-12-14-5-8-18(19(10-14)28-2)29-13-15-6-7-16(22)11-17(15)21/h5-8,10-11H,3-4,9,12-13H2,1-2H3,(H,23,24,26). The van der Waals surface area contributed by atoms with Crippen molar-refractivity contribution >= 4 is 17.5 Å². The third-order valence-electron chi connectivity index (χ3n) is 4.33. The minimum absolute atomic E-state index is 0.208. The van der Waals surface area contributed by atoms with Gasteiger partial charge in [-0.2, -0.15) is 0 Å². The van der Waals surface area contributed by atoms with E-state index in [0.717, 1.165) is 24.9 Å². The molecule has 0 atom stereocenters. The number of anilines is 1. The van der Waals surface area contributed by atoms with Gasteiger partial charge in [-0.05, 0) is 46.7 Å².